The highest BCUT2D eigenvalue weighted by Crippen LogP contribution is 2.36. The monoisotopic (exact) mass is 458 g/mol. The Morgan fingerprint density at radius 3 is 2.48 bits per heavy atom. The Morgan fingerprint density at radius 1 is 1.10 bits per heavy atom. The average Bonchev–Trinajstić information content (AvgIpc) is 2.78. The second-order valence-corrected chi connectivity index (χ2v) is 8.27. The summed E-state index contributed by atoms with van der Waals surface area (Å²) < 4.78 is 5.23. The molecule has 1 aromatic heterocycles. The SMILES string of the molecule is CCOC(=O)c1cnc2c(Cl)c(Cl)ccc2c1Nc1ccc(N2CCN(C)CC2)cc1. The van der Waals surface area contributed by atoms with E-state index in [-0.39, 0.29) is 6.61 Å². The molecule has 1 N–H and O–H groups in total. The van der Waals surface area contributed by atoms with Gasteiger partial charge in [0.25, 0.3) is 0 Å². The molecule has 2 aromatic carbocycles. The van der Waals surface area contributed by atoms with Gasteiger partial charge >= 0.3 is 5.97 Å². The van der Waals surface area contributed by atoms with Crippen molar-refractivity contribution in [3.63, 3.8) is 0 Å². The molecule has 0 atom stereocenters. The summed E-state index contributed by atoms with van der Waals surface area (Å²) in [6.45, 7) is 6.16. The van der Waals surface area contributed by atoms with Crippen LogP contribution in [0.2, 0.25) is 10.0 Å². The van der Waals surface area contributed by atoms with Gasteiger partial charge in [0.1, 0.15) is 5.56 Å². The van der Waals surface area contributed by atoms with Crippen molar-refractivity contribution in [3.8, 4) is 0 Å². The molecule has 1 aliphatic rings. The van der Waals surface area contributed by atoms with E-state index < -0.39 is 5.97 Å². The molecule has 8 heteroatoms. The highest BCUT2D eigenvalue weighted by molar-refractivity contribution is 6.45. The minimum atomic E-state index is -0.445. The molecule has 3 aromatic rings. The van der Waals surface area contributed by atoms with Gasteiger partial charge in [0.05, 0.1) is 27.9 Å². The van der Waals surface area contributed by atoms with E-state index >= 15 is 0 Å². The molecule has 0 radical (unpaired) electrons. The number of pyridine rings is 1. The summed E-state index contributed by atoms with van der Waals surface area (Å²) in [6.07, 6.45) is 1.48. The lowest BCUT2D eigenvalue weighted by Gasteiger charge is -2.34. The molecule has 0 amide bonds. The number of likely N-dealkylation sites (N-methyl/N-ethyl adjacent to an activating group) is 1. The predicted molar refractivity (Wildman–Crippen MR) is 127 cm³/mol. The van der Waals surface area contributed by atoms with Crippen LogP contribution in [0.25, 0.3) is 10.9 Å². The van der Waals surface area contributed by atoms with Crippen molar-refractivity contribution in [1.82, 2.24) is 9.88 Å². The number of nitrogens with one attached hydrogen (secondary N) is 1. The number of benzene rings is 2. The van der Waals surface area contributed by atoms with Gasteiger partial charge in [0.15, 0.2) is 0 Å². The first-order chi connectivity index (χ1) is 15.0. The van der Waals surface area contributed by atoms with Gasteiger partial charge in [-0.15, -0.1) is 0 Å². The molecule has 31 heavy (non-hydrogen) atoms. The number of aromatic nitrogens is 1. The molecule has 0 spiro atoms. The van der Waals surface area contributed by atoms with Crippen LogP contribution in [0.3, 0.4) is 0 Å². The number of esters is 1. The van der Waals surface area contributed by atoms with Crippen molar-refractivity contribution in [1.29, 1.82) is 0 Å². The molecule has 1 aliphatic heterocycles. The Kier molecular flexibility index (Phi) is 6.51. The van der Waals surface area contributed by atoms with Crippen molar-refractivity contribution in [3.05, 3.63) is 58.2 Å². The predicted octanol–water partition coefficient (Wildman–Crippen LogP) is 5.21. The lowest BCUT2D eigenvalue weighted by molar-refractivity contribution is 0.0527. The van der Waals surface area contributed by atoms with E-state index in [9.17, 15) is 4.79 Å². The Morgan fingerprint density at radius 2 is 1.81 bits per heavy atom. The van der Waals surface area contributed by atoms with E-state index in [1.165, 1.54) is 11.9 Å². The number of hydrogen-bond acceptors (Lipinski definition) is 6. The number of rotatable bonds is 5. The molecule has 162 valence electrons. The van der Waals surface area contributed by atoms with Gasteiger partial charge < -0.3 is 19.9 Å². The first-order valence-corrected chi connectivity index (χ1v) is 11.0. The third kappa shape index (κ3) is 4.56. The van der Waals surface area contributed by atoms with Crippen LogP contribution in [0, 0.1) is 0 Å². The average molecular weight is 459 g/mol. The van der Waals surface area contributed by atoms with E-state index in [0.29, 0.717) is 32.2 Å². The van der Waals surface area contributed by atoms with E-state index in [0.717, 1.165) is 31.9 Å². The maximum atomic E-state index is 12.6. The summed E-state index contributed by atoms with van der Waals surface area (Å²) >= 11 is 12.5. The fourth-order valence-electron chi connectivity index (χ4n) is 3.67. The van der Waals surface area contributed by atoms with Crippen LogP contribution in [0.1, 0.15) is 17.3 Å². The second kappa shape index (κ2) is 9.30. The first kappa shape index (κ1) is 21.7. The zero-order chi connectivity index (χ0) is 22.0. The van der Waals surface area contributed by atoms with Gasteiger partial charge in [-0.25, -0.2) is 4.79 Å². The number of fused-ring (bicyclic) bond motifs is 1. The summed E-state index contributed by atoms with van der Waals surface area (Å²) in [6, 6.07) is 11.7. The zero-order valence-electron chi connectivity index (χ0n) is 17.5. The summed E-state index contributed by atoms with van der Waals surface area (Å²) in [5.74, 6) is -0.445. The van der Waals surface area contributed by atoms with Gasteiger partial charge in [0.2, 0.25) is 0 Å². The maximum Gasteiger partial charge on any atom is 0.341 e. The Labute approximate surface area is 191 Å². The van der Waals surface area contributed by atoms with Gasteiger partial charge in [-0.3, -0.25) is 4.98 Å². The van der Waals surface area contributed by atoms with Crippen molar-refractivity contribution in [2.45, 2.75) is 6.92 Å². The maximum absolute atomic E-state index is 12.6. The number of carbonyl (C=O) groups excluding carboxylic acids is 1. The molecule has 6 nitrogen and oxygen atoms in total. The van der Waals surface area contributed by atoms with E-state index in [1.54, 1.807) is 19.1 Å². The van der Waals surface area contributed by atoms with Crippen molar-refractivity contribution in [2.75, 3.05) is 50.1 Å². The van der Waals surface area contributed by atoms with Crippen molar-refractivity contribution < 1.29 is 9.53 Å². The fraction of sp³-hybridized carbons (Fsp3) is 0.304. The first-order valence-electron chi connectivity index (χ1n) is 10.2. The van der Waals surface area contributed by atoms with E-state index in [2.05, 4.69) is 39.3 Å². The van der Waals surface area contributed by atoms with Crippen molar-refractivity contribution in [2.24, 2.45) is 0 Å². The lowest BCUT2D eigenvalue weighted by Crippen LogP contribution is -2.44. The zero-order valence-corrected chi connectivity index (χ0v) is 19.0. The molecule has 0 unspecified atom stereocenters. The molecule has 0 saturated carbocycles. The Balaban J connectivity index is 1.68. The van der Waals surface area contributed by atoms with Crippen LogP contribution in [-0.4, -0.2) is 55.7 Å². The number of nitrogens with zero attached hydrogens (tertiary/aromatic N) is 3. The quantitative estimate of drug-likeness (QED) is 0.529. The minimum Gasteiger partial charge on any atom is -0.462 e. The highest BCUT2D eigenvalue weighted by Gasteiger charge is 2.19. The third-order valence-corrected chi connectivity index (χ3v) is 6.23. The summed E-state index contributed by atoms with van der Waals surface area (Å²) in [7, 11) is 2.14. The molecule has 0 aliphatic carbocycles. The standard InChI is InChI=1S/C23H24Cl2N4O2/c1-3-31-23(30)18-14-26-22-17(8-9-19(24)20(22)25)21(18)27-15-4-6-16(7-5-15)29-12-10-28(2)11-13-29/h4-9,14H,3,10-13H2,1-2H3,(H,26,27). The number of ether oxygens (including phenoxy) is 1. The van der Waals surface area contributed by atoms with Crippen LogP contribution in [0.4, 0.5) is 17.1 Å². The van der Waals surface area contributed by atoms with Gasteiger partial charge in [-0.05, 0) is 50.4 Å². The molecular formula is C23H24Cl2N4O2. The highest BCUT2D eigenvalue weighted by atomic mass is 35.5. The van der Waals surface area contributed by atoms with Gasteiger partial charge in [-0.1, -0.05) is 23.2 Å². The van der Waals surface area contributed by atoms with Crippen LogP contribution in [-0.2, 0) is 4.74 Å². The second-order valence-electron chi connectivity index (χ2n) is 7.49. The van der Waals surface area contributed by atoms with E-state index in [4.69, 9.17) is 27.9 Å². The van der Waals surface area contributed by atoms with Crippen LogP contribution >= 0.6 is 23.2 Å². The minimum absolute atomic E-state index is 0.275. The molecule has 4 rings (SSSR count). The summed E-state index contributed by atoms with van der Waals surface area (Å²) in [5.41, 5.74) is 3.49. The number of carbonyl (C=O) groups is 1. The number of anilines is 3. The number of halogens is 2. The number of hydrogen-bond donors (Lipinski definition) is 1. The third-order valence-electron chi connectivity index (χ3n) is 5.43. The normalized spacial score (nSPS) is 14.6. The topological polar surface area (TPSA) is 57.7 Å². The largest absolute Gasteiger partial charge is 0.462 e. The molecule has 2 heterocycles. The smallest absolute Gasteiger partial charge is 0.341 e. The summed E-state index contributed by atoms with van der Waals surface area (Å²) in [5, 5.41) is 4.83. The van der Waals surface area contributed by atoms with Crippen LogP contribution in [0.15, 0.2) is 42.6 Å². The fourth-order valence-corrected chi connectivity index (χ4v) is 4.04. The molecule has 0 bridgehead atoms. The van der Waals surface area contributed by atoms with E-state index in [1.807, 2.05) is 12.1 Å². The molecular weight excluding hydrogens is 435 g/mol. The Bertz CT molecular complexity index is 1100. The lowest BCUT2D eigenvalue weighted by atomic mass is 10.1. The molecule has 1 fully saturated rings. The van der Waals surface area contributed by atoms with Gasteiger partial charge in [-0.2, -0.15) is 0 Å². The number of piperazine rings is 1. The van der Waals surface area contributed by atoms with Crippen molar-refractivity contribution >= 4 is 57.1 Å². The van der Waals surface area contributed by atoms with Crippen LogP contribution in [0.5, 0.6) is 0 Å². The van der Waals surface area contributed by atoms with Gasteiger partial charge in [0, 0.05) is 49.1 Å². The Hall–Kier alpha value is -2.54. The molecule has 1 saturated heterocycles. The van der Waals surface area contributed by atoms with Crippen LogP contribution < -0.4 is 10.2 Å². The summed E-state index contributed by atoms with van der Waals surface area (Å²) in [4.78, 5) is 21.6.